The van der Waals surface area contributed by atoms with Gasteiger partial charge in [-0.2, -0.15) is 0 Å². The Bertz CT molecular complexity index is 911. The lowest BCUT2D eigenvalue weighted by atomic mass is 10.0. The molecule has 2 aromatic rings. The first-order valence-electron chi connectivity index (χ1n) is 9.51. The van der Waals surface area contributed by atoms with Crippen molar-refractivity contribution in [2.75, 3.05) is 26.2 Å². The number of carbonyl (C=O) groups is 2. The van der Waals surface area contributed by atoms with Crippen molar-refractivity contribution in [2.45, 2.75) is 26.3 Å². The Hall–Kier alpha value is -2.31. The lowest BCUT2D eigenvalue weighted by molar-refractivity contribution is -0.141. The molecule has 1 atom stereocenters. The summed E-state index contributed by atoms with van der Waals surface area (Å²) in [6.07, 6.45) is 2.45. The molecule has 3 rings (SSSR count). The van der Waals surface area contributed by atoms with Crippen LogP contribution in [0.1, 0.15) is 29.0 Å². The largest absolute Gasteiger partial charge is 0.491 e. The molecule has 154 valence electrons. The highest BCUT2D eigenvalue weighted by atomic mass is 35.5. The highest BCUT2D eigenvalue weighted by Crippen LogP contribution is 2.34. The molecule has 2 amide bonds. The van der Waals surface area contributed by atoms with Gasteiger partial charge in [-0.15, -0.1) is 17.9 Å². The summed E-state index contributed by atoms with van der Waals surface area (Å²) in [6.45, 7) is 8.41. The third-order valence-corrected chi connectivity index (χ3v) is 6.49. The lowest BCUT2D eigenvalue weighted by Crippen LogP contribution is -2.47. The van der Waals surface area contributed by atoms with Gasteiger partial charge in [-0.25, -0.2) is 0 Å². The fraction of sp³-hybridized carbons (Fsp3) is 0.364. The monoisotopic (exact) mass is 432 g/mol. The van der Waals surface area contributed by atoms with E-state index in [-0.39, 0.29) is 24.4 Å². The maximum Gasteiger partial charge on any atom is 0.242 e. The van der Waals surface area contributed by atoms with Gasteiger partial charge in [0.05, 0.1) is 6.04 Å². The molecule has 1 aromatic heterocycles. The number of carbonyl (C=O) groups excluding carboxylic acids is 2. The number of fused-ring (bicyclic) bond motifs is 1. The second kappa shape index (κ2) is 9.46. The fourth-order valence-electron chi connectivity index (χ4n) is 3.47. The summed E-state index contributed by atoms with van der Waals surface area (Å²) in [6, 6.07) is 7.42. The highest BCUT2D eigenvalue weighted by Gasteiger charge is 2.33. The van der Waals surface area contributed by atoms with Crippen molar-refractivity contribution in [3.8, 4) is 5.75 Å². The first-order chi connectivity index (χ1) is 13.9. The second-order valence-electron chi connectivity index (χ2n) is 7.06. The van der Waals surface area contributed by atoms with Crippen molar-refractivity contribution >= 4 is 34.8 Å². The molecule has 0 radical (unpaired) electrons. The van der Waals surface area contributed by atoms with Crippen LogP contribution in [0.5, 0.6) is 5.75 Å². The van der Waals surface area contributed by atoms with Crippen LogP contribution in [-0.4, -0.2) is 47.9 Å². The van der Waals surface area contributed by atoms with E-state index in [2.05, 4.69) is 18.0 Å². The van der Waals surface area contributed by atoms with E-state index in [9.17, 15) is 9.59 Å². The molecule has 1 aromatic carbocycles. The number of ether oxygens (including phenoxy) is 1. The molecule has 0 saturated carbocycles. The minimum atomic E-state index is -0.189. The van der Waals surface area contributed by atoms with Gasteiger partial charge >= 0.3 is 0 Å². The number of rotatable bonds is 7. The van der Waals surface area contributed by atoms with Crippen molar-refractivity contribution in [1.29, 1.82) is 0 Å². The molecule has 0 N–H and O–H groups in total. The first-order valence-corrected chi connectivity index (χ1v) is 10.8. The van der Waals surface area contributed by atoms with Crippen molar-refractivity contribution in [3.63, 3.8) is 0 Å². The molecular weight excluding hydrogens is 408 g/mol. The number of amides is 2. The number of hydrogen-bond acceptors (Lipinski definition) is 4. The van der Waals surface area contributed by atoms with Gasteiger partial charge < -0.3 is 14.5 Å². The number of benzene rings is 1. The average molecular weight is 433 g/mol. The van der Waals surface area contributed by atoms with Crippen molar-refractivity contribution in [2.24, 2.45) is 0 Å². The third kappa shape index (κ3) is 5.00. The van der Waals surface area contributed by atoms with Gasteiger partial charge in [-0.3, -0.25) is 9.59 Å². The molecule has 0 unspecified atom stereocenters. The number of halogens is 1. The predicted octanol–water partition coefficient (Wildman–Crippen LogP) is 4.25. The number of thiophene rings is 1. The molecule has 29 heavy (non-hydrogen) atoms. The number of aryl methyl sites for hydroxylation is 1. The smallest absolute Gasteiger partial charge is 0.242 e. The van der Waals surface area contributed by atoms with E-state index in [1.807, 2.05) is 30.0 Å². The Balaban J connectivity index is 1.78. The molecule has 1 aliphatic heterocycles. The van der Waals surface area contributed by atoms with Crippen LogP contribution in [0.15, 0.2) is 42.3 Å². The van der Waals surface area contributed by atoms with Crippen LogP contribution in [0.4, 0.5) is 0 Å². The maximum atomic E-state index is 13.1. The minimum Gasteiger partial charge on any atom is -0.491 e. The second-order valence-corrected chi connectivity index (χ2v) is 8.47. The van der Waals surface area contributed by atoms with Crippen LogP contribution >= 0.6 is 22.9 Å². The molecule has 5 nitrogen and oxygen atoms in total. The molecule has 0 aliphatic carbocycles. The topological polar surface area (TPSA) is 49.9 Å². The van der Waals surface area contributed by atoms with E-state index < -0.39 is 0 Å². The summed E-state index contributed by atoms with van der Waals surface area (Å²) in [5.74, 6) is 0.495. The quantitative estimate of drug-likeness (QED) is 0.614. The van der Waals surface area contributed by atoms with E-state index in [0.29, 0.717) is 24.7 Å². The van der Waals surface area contributed by atoms with E-state index in [0.717, 1.165) is 23.3 Å². The summed E-state index contributed by atoms with van der Waals surface area (Å²) >= 11 is 7.81. The maximum absolute atomic E-state index is 13.1. The first kappa shape index (κ1) is 21.4. The van der Waals surface area contributed by atoms with Gasteiger partial charge in [0.15, 0.2) is 0 Å². The highest BCUT2D eigenvalue weighted by molar-refractivity contribution is 7.10. The molecule has 1 aliphatic rings. The zero-order chi connectivity index (χ0) is 21.0. The summed E-state index contributed by atoms with van der Waals surface area (Å²) in [7, 11) is 0. The van der Waals surface area contributed by atoms with Crippen molar-refractivity contribution < 1.29 is 14.3 Å². The Morgan fingerprint density at radius 3 is 2.90 bits per heavy atom. The van der Waals surface area contributed by atoms with Crippen LogP contribution in [0.3, 0.4) is 0 Å². The summed E-state index contributed by atoms with van der Waals surface area (Å²) in [5.41, 5.74) is 2.07. The Labute approximate surface area is 180 Å². The fourth-order valence-corrected chi connectivity index (χ4v) is 4.52. The molecule has 0 spiro atoms. The molecule has 0 bridgehead atoms. The van der Waals surface area contributed by atoms with Crippen molar-refractivity contribution in [3.05, 3.63) is 63.3 Å². The molecule has 7 heteroatoms. The number of nitrogens with zero attached hydrogens (tertiary/aromatic N) is 2. The summed E-state index contributed by atoms with van der Waals surface area (Å²) in [4.78, 5) is 29.5. The van der Waals surface area contributed by atoms with Crippen molar-refractivity contribution in [1.82, 2.24) is 9.80 Å². The standard InChI is InChI=1S/C22H25ClN2O3S/c1-4-9-24(16(3)26)13-22(27)25-10-7-21-18(8-11-29-21)20(25)14-28-17-5-6-19(23)15(2)12-17/h4-6,8,11-12,20H,1,7,9-10,13-14H2,2-3H3/t20-/m0/s1. The molecular formula is C22H25ClN2O3S. The third-order valence-electron chi connectivity index (χ3n) is 5.07. The van der Waals surface area contributed by atoms with E-state index in [1.165, 1.54) is 16.7 Å². The molecule has 0 saturated heterocycles. The molecule has 2 heterocycles. The Morgan fingerprint density at radius 1 is 1.41 bits per heavy atom. The van der Waals surface area contributed by atoms with E-state index in [4.69, 9.17) is 16.3 Å². The van der Waals surface area contributed by atoms with Crippen LogP contribution in [-0.2, 0) is 16.0 Å². The van der Waals surface area contributed by atoms with Gasteiger partial charge in [0.2, 0.25) is 11.8 Å². The van der Waals surface area contributed by atoms with Gasteiger partial charge in [0, 0.05) is 29.9 Å². The van der Waals surface area contributed by atoms with E-state index in [1.54, 1.807) is 17.4 Å². The Kier molecular flexibility index (Phi) is 6.98. The van der Waals surface area contributed by atoms with Crippen LogP contribution < -0.4 is 4.74 Å². The van der Waals surface area contributed by atoms with Gasteiger partial charge in [-0.05, 0) is 54.1 Å². The van der Waals surface area contributed by atoms with Gasteiger partial charge in [0.25, 0.3) is 0 Å². The van der Waals surface area contributed by atoms with Gasteiger partial charge in [0.1, 0.15) is 18.9 Å². The summed E-state index contributed by atoms with van der Waals surface area (Å²) in [5, 5.41) is 2.75. The normalized spacial score (nSPS) is 15.6. The SMILES string of the molecule is C=CCN(CC(=O)N1CCc2sccc2[C@@H]1COc1ccc(Cl)c(C)c1)C(C)=O. The zero-order valence-electron chi connectivity index (χ0n) is 16.7. The lowest BCUT2D eigenvalue weighted by Gasteiger charge is -2.37. The van der Waals surface area contributed by atoms with Crippen LogP contribution in [0, 0.1) is 6.92 Å². The minimum absolute atomic E-state index is 0.0391. The van der Waals surface area contributed by atoms with E-state index >= 15 is 0 Å². The predicted molar refractivity (Wildman–Crippen MR) is 117 cm³/mol. The molecule has 0 fully saturated rings. The van der Waals surface area contributed by atoms with Gasteiger partial charge in [-0.1, -0.05) is 17.7 Å². The zero-order valence-corrected chi connectivity index (χ0v) is 18.3. The average Bonchev–Trinajstić information content (AvgIpc) is 3.17. The van der Waals surface area contributed by atoms with Crippen LogP contribution in [0.25, 0.3) is 0 Å². The Morgan fingerprint density at radius 2 is 2.21 bits per heavy atom. The number of hydrogen-bond donors (Lipinski definition) is 0. The van der Waals surface area contributed by atoms with Crippen LogP contribution in [0.2, 0.25) is 5.02 Å². The summed E-state index contributed by atoms with van der Waals surface area (Å²) < 4.78 is 6.04.